The lowest BCUT2D eigenvalue weighted by Crippen LogP contribution is -2.26. The fourth-order valence-corrected chi connectivity index (χ4v) is 3.35. The van der Waals surface area contributed by atoms with Gasteiger partial charge in [-0.25, -0.2) is 4.79 Å². The number of aliphatic hydroxyl groups is 1. The molecule has 2 aromatic rings. The lowest BCUT2D eigenvalue weighted by Gasteiger charge is -2.23. The van der Waals surface area contributed by atoms with E-state index in [1.807, 2.05) is 60.7 Å². The molecule has 7 heteroatoms. The number of hydrogen-bond donors (Lipinski definition) is 1. The van der Waals surface area contributed by atoms with E-state index in [1.54, 1.807) is 6.92 Å². The highest BCUT2D eigenvalue weighted by atomic mass is 16.8. The van der Waals surface area contributed by atoms with Crippen molar-refractivity contribution in [1.29, 1.82) is 5.39 Å². The van der Waals surface area contributed by atoms with Gasteiger partial charge in [0.05, 0.1) is 7.11 Å². The molecule has 29 heavy (non-hydrogen) atoms. The average Bonchev–Trinajstić information content (AvgIpc) is 3.12. The van der Waals surface area contributed by atoms with Crippen LogP contribution in [0.5, 0.6) is 0 Å². The monoisotopic (exact) mass is 395 g/mol. The number of ether oxygens (including phenoxy) is 3. The fraction of sp³-hybridized carbons (Fsp3) is 0.318. The van der Waals surface area contributed by atoms with E-state index in [2.05, 4.69) is 9.71 Å². The molecule has 1 aliphatic rings. The van der Waals surface area contributed by atoms with Gasteiger partial charge in [-0.1, -0.05) is 60.7 Å². The first-order valence-electron chi connectivity index (χ1n) is 9.28. The predicted molar refractivity (Wildman–Crippen MR) is 105 cm³/mol. The van der Waals surface area contributed by atoms with E-state index >= 15 is 0 Å². The van der Waals surface area contributed by atoms with Gasteiger partial charge in [-0.05, 0) is 18.1 Å². The second kappa shape index (κ2) is 8.86. The molecular formula is C22H23N2O5+. The topological polar surface area (TPSA) is 93.1 Å². The molecule has 2 aromatic carbocycles. The summed E-state index contributed by atoms with van der Waals surface area (Å²) < 4.78 is 17.1. The number of allylic oxidation sites excluding steroid dienone is 1. The van der Waals surface area contributed by atoms with Crippen LogP contribution in [0.15, 0.2) is 72.1 Å². The number of nitrogens with zero attached hydrogens (tertiary/aromatic N) is 2. The molecule has 0 aliphatic carbocycles. The van der Waals surface area contributed by atoms with Crippen molar-refractivity contribution in [3.63, 3.8) is 0 Å². The van der Waals surface area contributed by atoms with Crippen LogP contribution in [0.3, 0.4) is 0 Å². The molecule has 0 unspecified atom stereocenters. The number of rotatable bonds is 6. The van der Waals surface area contributed by atoms with Gasteiger partial charge >= 0.3 is 11.7 Å². The molecule has 0 bridgehead atoms. The van der Waals surface area contributed by atoms with Crippen LogP contribution in [0.2, 0.25) is 0 Å². The number of diazo groups is 1. The second-order valence-electron chi connectivity index (χ2n) is 6.92. The largest absolute Gasteiger partial charge is 0.505 e. The zero-order valence-electron chi connectivity index (χ0n) is 16.3. The molecule has 0 amide bonds. The Balaban J connectivity index is 1.84. The summed E-state index contributed by atoms with van der Waals surface area (Å²) in [6.45, 7) is 1.78. The molecule has 0 aromatic heterocycles. The number of carbonyl (C=O) groups excluding carboxylic acids is 1. The second-order valence-corrected chi connectivity index (χ2v) is 6.92. The van der Waals surface area contributed by atoms with Crippen molar-refractivity contribution in [2.75, 3.05) is 7.11 Å². The van der Waals surface area contributed by atoms with Gasteiger partial charge in [0, 0.05) is 12.8 Å². The normalized spacial score (nSPS) is 21.1. The maximum absolute atomic E-state index is 11.6. The van der Waals surface area contributed by atoms with Crippen LogP contribution in [0, 0.1) is 5.39 Å². The Morgan fingerprint density at radius 2 is 1.55 bits per heavy atom. The third-order valence-corrected chi connectivity index (χ3v) is 4.85. The Labute approximate surface area is 169 Å². The van der Waals surface area contributed by atoms with Crippen LogP contribution in [0.25, 0.3) is 4.98 Å². The van der Waals surface area contributed by atoms with Crippen molar-refractivity contribution in [1.82, 2.24) is 0 Å². The highest BCUT2D eigenvalue weighted by molar-refractivity contribution is 5.90. The SMILES string of the molecule is COC(=O)/C([N+]#N)=C(\O)CCC1(C)O[C@H](c2ccccc2)[C@@H](c2ccccc2)O1. The first kappa shape index (κ1) is 20.5. The molecule has 3 rings (SSSR count). The van der Waals surface area contributed by atoms with Crippen molar-refractivity contribution < 1.29 is 24.1 Å². The number of aliphatic hydroxyl groups excluding tert-OH is 1. The minimum atomic E-state index is -1.02. The minimum Gasteiger partial charge on any atom is -0.505 e. The zero-order valence-corrected chi connectivity index (χ0v) is 16.3. The molecule has 0 saturated carbocycles. The number of esters is 1. The van der Waals surface area contributed by atoms with Crippen molar-refractivity contribution >= 4 is 5.97 Å². The average molecular weight is 395 g/mol. The molecule has 1 saturated heterocycles. The van der Waals surface area contributed by atoms with Crippen LogP contribution in [0.4, 0.5) is 0 Å². The molecule has 150 valence electrons. The lowest BCUT2D eigenvalue weighted by atomic mass is 9.99. The first-order chi connectivity index (χ1) is 14.0. The maximum atomic E-state index is 11.6. The maximum Gasteiger partial charge on any atom is 0.505 e. The van der Waals surface area contributed by atoms with Gasteiger partial charge in [-0.15, -0.1) is 0 Å². The highest BCUT2D eigenvalue weighted by Crippen LogP contribution is 2.48. The molecule has 1 N–H and O–H groups in total. The summed E-state index contributed by atoms with van der Waals surface area (Å²) in [5, 5.41) is 19.1. The van der Waals surface area contributed by atoms with E-state index in [9.17, 15) is 9.90 Å². The van der Waals surface area contributed by atoms with Gasteiger partial charge in [0.2, 0.25) is 5.39 Å². The smallest absolute Gasteiger partial charge is 0.505 e. The van der Waals surface area contributed by atoms with Crippen LogP contribution in [-0.4, -0.2) is 24.0 Å². The molecule has 7 nitrogen and oxygen atoms in total. The predicted octanol–water partition coefficient (Wildman–Crippen LogP) is 4.81. The Kier molecular flexibility index (Phi) is 6.27. The van der Waals surface area contributed by atoms with E-state index in [1.165, 1.54) is 0 Å². The summed E-state index contributed by atoms with van der Waals surface area (Å²) in [7, 11) is 1.14. The number of benzene rings is 2. The van der Waals surface area contributed by atoms with Gasteiger partial charge in [-0.3, -0.25) is 0 Å². The van der Waals surface area contributed by atoms with Gasteiger partial charge in [0.25, 0.3) is 0 Å². The molecule has 1 fully saturated rings. The summed E-state index contributed by atoms with van der Waals surface area (Å²) >= 11 is 0. The van der Waals surface area contributed by atoms with Crippen molar-refractivity contribution in [3.8, 4) is 0 Å². The van der Waals surface area contributed by atoms with Crippen LogP contribution in [-0.2, 0) is 19.0 Å². The molecule has 2 atom stereocenters. The molecule has 0 radical (unpaired) electrons. The number of carbonyl (C=O) groups is 1. The summed E-state index contributed by atoms with van der Waals surface area (Å²) in [5.41, 5.74) is 1.42. The zero-order chi connectivity index (χ0) is 20.9. The Morgan fingerprint density at radius 1 is 1.07 bits per heavy atom. The summed E-state index contributed by atoms with van der Waals surface area (Å²) in [5.74, 6) is -2.34. The molecule has 1 aliphatic heterocycles. The van der Waals surface area contributed by atoms with Crippen LogP contribution in [0.1, 0.15) is 43.1 Å². The molecule has 0 spiro atoms. The first-order valence-corrected chi connectivity index (χ1v) is 9.28. The van der Waals surface area contributed by atoms with Crippen LogP contribution >= 0.6 is 0 Å². The number of hydrogen-bond acceptors (Lipinski definition) is 6. The fourth-order valence-electron chi connectivity index (χ4n) is 3.35. The minimum absolute atomic E-state index is 0.00795. The van der Waals surface area contributed by atoms with E-state index < -0.39 is 23.2 Å². The van der Waals surface area contributed by atoms with Crippen LogP contribution < -0.4 is 0 Å². The Hall–Kier alpha value is -3.21. The standard InChI is InChI=1S/C22H22N2O5/c1-22(14-13-17(25)18(24-23)21(26)27-2)28-19(15-9-5-3-6-10-15)20(29-22)16-11-7-4-8-12-16/h3-12,19-20H,13-14H2,1-2H3/p+1/t19-,20-/m1/s1. The summed E-state index contributed by atoms with van der Waals surface area (Å²) in [6, 6.07) is 19.6. The van der Waals surface area contributed by atoms with Crippen molar-refractivity contribution in [3.05, 3.63) is 88.2 Å². The molecular weight excluding hydrogens is 372 g/mol. The van der Waals surface area contributed by atoms with E-state index in [0.29, 0.717) is 0 Å². The van der Waals surface area contributed by atoms with Gasteiger partial charge in [0.1, 0.15) is 12.2 Å². The third-order valence-electron chi connectivity index (χ3n) is 4.85. The van der Waals surface area contributed by atoms with Crippen molar-refractivity contribution in [2.24, 2.45) is 0 Å². The Morgan fingerprint density at radius 3 is 1.97 bits per heavy atom. The van der Waals surface area contributed by atoms with E-state index in [0.717, 1.165) is 18.2 Å². The van der Waals surface area contributed by atoms with Gasteiger partial charge < -0.3 is 19.3 Å². The van der Waals surface area contributed by atoms with E-state index in [-0.39, 0.29) is 25.0 Å². The quantitative estimate of drug-likeness (QED) is 0.327. The highest BCUT2D eigenvalue weighted by Gasteiger charge is 2.46. The van der Waals surface area contributed by atoms with Crippen molar-refractivity contribution in [2.45, 2.75) is 37.8 Å². The number of methoxy groups -OCH3 is 1. The van der Waals surface area contributed by atoms with E-state index in [4.69, 9.17) is 14.9 Å². The third kappa shape index (κ3) is 4.62. The summed E-state index contributed by atoms with van der Waals surface area (Å²) in [4.78, 5) is 14.4. The summed E-state index contributed by atoms with van der Waals surface area (Å²) in [6.07, 6.45) is -0.426. The van der Waals surface area contributed by atoms with Gasteiger partial charge in [0.15, 0.2) is 16.5 Å². The Bertz CT molecular complexity index is 874. The lowest BCUT2D eigenvalue weighted by molar-refractivity contribution is -0.167. The van der Waals surface area contributed by atoms with Gasteiger partial charge in [-0.2, -0.15) is 0 Å². The molecule has 1 heterocycles.